The normalized spacial score (nSPS) is 10.6. The standard InChI is InChI=1S/C23H21N3O2/c24-22-14-20(25-26-22)19-12-7-13-21(27-15-17-8-3-1-4-9-17)23(19)28-16-18-10-5-2-6-11-18/h1-14H,15-16H2,(H3,24,25,26). The Balaban J connectivity index is 1.64. The zero-order chi connectivity index (χ0) is 19.2. The summed E-state index contributed by atoms with van der Waals surface area (Å²) < 4.78 is 12.3. The zero-order valence-electron chi connectivity index (χ0n) is 15.3. The Hall–Kier alpha value is -3.73. The van der Waals surface area contributed by atoms with Gasteiger partial charge in [-0.25, -0.2) is 0 Å². The molecule has 140 valence electrons. The number of rotatable bonds is 7. The summed E-state index contributed by atoms with van der Waals surface area (Å²) in [5, 5.41) is 6.98. The van der Waals surface area contributed by atoms with E-state index in [0.717, 1.165) is 22.4 Å². The van der Waals surface area contributed by atoms with Gasteiger partial charge in [-0.2, -0.15) is 5.10 Å². The molecule has 0 amide bonds. The number of ether oxygens (including phenoxy) is 2. The topological polar surface area (TPSA) is 73.2 Å². The van der Waals surface area contributed by atoms with Crippen LogP contribution in [0, 0.1) is 0 Å². The van der Waals surface area contributed by atoms with Gasteiger partial charge in [0.25, 0.3) is 0 Å². The summed E-state index contributed by atoms with van der Waals surface area (Å²) in [7, 11) is 0. The number of benzene rings is 3. The van der Waals surface area contributed by atoms with Crippen LogP contribution in [-0.2, 0) is 13.2 Å². The zero-order valence-corrected chi connectivity index (χ0v) is 15.3. The fourth-order valence-electron chi connectivity index (χ4n) is 2.93. The second kappa shape index (κ2) is 8.31. The Bertz CT molecular complexity index is 1030. The Labute approximate surface area is 163 Å². The lowest BCUT2D eigenvalue weighted by Crippen LogP contribution is -2.02. The van der Waals surface area contributed by atoms with Crippen molar-refractivity contribution < 1.29 is 9.47 Å². The molecule has 0 aliphatic heterocycles. The van der Waals surface area contributed by atoms with E-state index in [1.54, 1.807) is 6.07 Å². The monoisotopic (exact) mass is 371 g/mol. The Morgan fingerprint density at radius 2 is 1.39 bits per heavy atom. The number of nitrogens with two attached hydrogens (primary N) is 1. The average molecular weight is 371 g/mol. The van der Waals surface area contributed by atoms with E-state index in [1.807, 2.05) is 78.9 Å². The average Bonchev–Trinajstić information content (AvgIpc) is 3.18. The van der Waals surface area contributed by atoms with Gasteiger partial charge in [-0.3, -0.25) is 5.10 Å². The van der Waals surface area contributed by atoms with Crippen molar-refractivity contribution in [2.75, 3.05) is 5.73 Å². The molecule has 0 saturated heterocycles. The SMILES string of the molecule is Nc1cc(-c2cccc(OCc3ccccc3)c2OCc2ccccc2)[nH]n1. The number of anilines is 1. The first-order valence-electron chi connectivity index (χ1n) is 9.07. The molecule has 0 fully saturated rings. The molecule has 1 heterocycles. The minimum atomic E-state index is 0.430. The maximum atomic E-state index is 6.19. The number of nitrogens with zero attached hydrogens (tertiary/aromatic N) is 1. The molecule has 3 N–H and O–H groups in total. The third kappa shape index (κ3) is 4.15. The second-order valence-corrected chi connectivity index (χ2v) is 6.39. The first kappa shape index (κ1) is 17.7. The molecule has 0 aliphatic rings. The van der Waals surface area contributed by atoms with E-state index in [9.17, 15) is 0 Å². The van der Waals surface area contributed by atoms with Crippen LogP contribution in [0.3, 0.4) is 0 Å². The fraction of sp³-hybridized carbons (Fsp3) is 0.0870. The molecule has 0 atom stereocenters. The number of nitrogens with one attached hydrogen (secondary N) is 1. The van der Waals surface area contributed by atoms with Gasteiger partial charge in [0.2, 0.25) is 0 Å². The highest BCUT2D eigenvalue weighted by Gasteiger charge is 2.15. The highest BCUT2D eigenvalue weighted by atomic mass is 16.5. The van der Waals surface area contributed by atoms with Crippen LogP contribution in [0.5, 0.6) is 11.5 Å². The minimum absolute atomic E-state index is 0.430. The van der Waals surface area contributed by atoms with Crippen LogP contribution >= 0.6 is 0 Å². The van der Waals surface area contributed by atoms with Gasteiger partial charge >= 0.3 is 0 Å². The molecule has 1 aromatic heterocycles. The highest BCUT2D eigenvalue weighted by Crippen LogP contribution is 2.38. The predicted molar refractivity (Wildman–Crippen MR) is 110 cm³/mol. The molecule has 4 rings (SSSR count). The highest BCUT2D eigenvalue weighted by molar-refractivity contribution is 5.72. The number of hydrogen-bond donors (Lipinski definition) is 2. The van der Waals surface area contributed by atoms with Crippen LogP contribution < -0.4 is 15.2 Å². The number of hydrogen-bond acceptors (Lipinski definition) is 4. The van der Waals surface area contributed by atoms with Gasteiger partial charge in [0.1, 0.15) is 19.0 Å². The van der Waals surface area contributed by atoms with Gasteiger partial charge in [0.05, 0.1) is 5.69 Å². The number of aromatic nitrogens is 2. The molecule has 5 nitrogen and oxygen atoms in total. The van der Waals surface area contributed by atoms with Crippen molar-refractivity contribution >= 4 is 5.82 Å². The minimum Gasteiger partial charge on any atom is -0.485 e. The molecule has 28 heavy (non-hydrogen) atoms. The molecular formula is C23H21N3O2. The van der Waals surface area contributed by atoms with Gasteiger partial charge in [-0.1, -0.05) is 66.7 Å². The van der Waals surface area contributed by atoms with Crippen molar-refractivity contribution in [2.24, 2.45) is 0 Å². The molecular weight excluding hydrogens is 350 g/mol. The van der Waals surface area contributed by atoms with Crippen molar-refractivity contribution in [1.82, 2.24) is 10.2 Å². The first-order valence-corrected chi connectivity index (χ1v) is 9.07. The molecule has 0 aliphatic carbocycles. The van der Waals surface area contributed by atoms with E-state index in [4.69, 9.17) is 15.2 Å². The number of para-hydroxylation sites is 1. The summed E-state index contributed by atoms with van der Waals surface area (Å²) in [6.07, 6.45) is 0. The predicted octanol–water partition coefficient (Wildman–Crippen LogP) is 4.82. The van der Waals surface area contributed by atoms with Crippen molar-refractivity contribution in [2.45, 2.75) is 13.2 Å². The van der Waals surface area contributed by atoms with Crippen molar-refractivity contribution in [3.8, 4) is 22.8 Å². The maximum absolute atomic E-state index is 6.19. The molecule has 0 radical (unpaired) electrons. The smallest absolute Gasteiger partial charge is 0.171 e. The van der Waals surface area contributed by atoms with Crippen LogP contribution in [0.15, 0.2) is 84.9 Å². The molecule has 0 spiro atoms. The largest absolute Gasteiger partial charge is 0.485 e. The third-order valence-electron chi connectivity index (χ3n) is 4.33. The van der Waals surface area contributed by atoms with E-state index in [2.05, 4.69) is 10.2 Å². The van der Waals surface area contributed by atoms with Gasteiger partial charge in [0, 0.05) is 11.6 Å². The van der Waals surface area contributed by atoms with Gasteiger partial charge in [-0.05, 0) is 23.3 Å². The van der Waals surface area contributed by atoms with E-state index in [-0.39, 0.29) is 0 Å². The van der Waals surface area contributed by atoms with Gasteiger partial charge in [0.15, 0.2) is 11.5 Å². The van der Waals surface area contributed by atoms with Gasteiger partial charge in [-0.15, -0.1) is 0 Å². The summed E-state index contributed by atoms with van der Waals surface area (Å²) >= 11 is 0. The third-order valence-corrected chi connectivity index (χ3v) is 4.33. The van der Waals surface area contributed by atoms with Crippen LogP contribution in [0.2, 0.25) is 0 Å². The Morgan fingerprint density at radius 3 is 2.00 bits per heavy atom. The van der Waals surface area contributed by atoms with Crippen LogP contribution in [0.25, 0.3) is 11.3 Å². The fourth-order valence-corrected chi connectivity index (χ4v) is 2.93. The quantitative estimate of drug-likeness (QED) is 0.489. The molecule has 5 heteroatoms. The molecule has 0 unspecified atom stereocenters. The van der Waals surface area contributed by atoms with Crippen molar-refractivity contribution in [3.05, 3.63) is 96.1 Å². The molecule has 0 saturated carbocycles. The van der Waals surface area contributed by atoms with Crippen molar-refractivity contribution in [3.63, 3.8) is 0 Å². The molecule has 3 aromatic carbocycles. The number of nitrogen functional groups attached to an aromatic ring is 1. The van der Waals surface area contributed by atoms with Crippen molar-refractivity contribution in [1.29, 1.82) is 0 Å². The first-order chi connectivity index (χ1) is 13.8. The summed E-state index contributed by atoms with van der Waals surface area (Å²) in [6, 6.07) is 27.7. The number of aromatic amines is 1. The maximum Gasteiger partial charge on any atom is 0.171 e. The van der Waals surface area contributed by atoms with Crippen LogP contribution in [0.4, 0.5) is 5.82 Å². The summed E-state index contributed by atoms with van der Waals surface area (Å²) in [4.78, 5) is 0. The van der Waals surface area contributed by atoms with E-state index in [0.29, 0.717) is 30.5 Å². The number of H-pyrrole nitrogens is 1. The summed E-state index contributed by atoms with van der Waals surface area (Å²) in [6.45, 7) is 0.889. The second-order valence-electron chi connectivity index (χ2n) is 6.39. The summed E-state index contributed by atoms with van der Waals surface area (Å²) in [5.41, 5.74) is 9.59. The lowest BCUT2D eigenvalue weighted by molar-refractivity contribution is 0.257. The molecule has 4 aromatic rings. The summed E-state index contributed by atoms with van der Waals surface area (Å²) in [5.74, 6) is 1.76. The van der Waals surface area contributed by atoms with Crippen LogP contribution in [0.1, 0.15) is 11.1 Å². The lowest BCUT2D eigenvalue weighted by Gasteiger charge is -2.16. The van der Waals surface area contributed by atoms with Gasteiger partial charge < -0.3 is 15.2 Å². The van der Waals surface area contributed by atoms with E-state index in [1.165, 1.54) is 0 Å². The van der Waals surface area contributed by atoms with E-state index < -0.39 is 0 Å². The lowest BCUT2D eigenvalue weighted by atomic mass is 10.1. The van der Waals surface area contributed by atoms with Crippen LogP contribution in [-0.4, -0.2) is 10.2 Å². The Kier molecular flexibility index (Phi) is 5.24. The molecule has 0 bridgehead atoms. The Morgan fingerprint density at radius 1 is 0.750 bits per heavy atom. The van der Waals surface area contributed by atoms with E-state index >= 15 is 0 Å².